The molecule has 2 nitrogen and oxygen atoms in total. The van der Waals surface area contributed by atoms with Crippen LogP contribution in [0.15, 0.2) is 54.6 Å². The minimum atomic E-state index is 0.123. The van der Waals surface area contributed by atoms with Crippen molar-refractivity contribution in [2.45, 2.75) is 0 Å². The van der Waals surface area contributed by atoms with E-state index in [1.54, 1.807) is 0 Å². The first kappa shape index (κ1) is 14.0. The van der Waals surface area contributed by atoms with Gasteiger partial charge < -0.3 is 4.90 Å². The number of carbonyl (C=O) groups excluding carboxylic acids is 1. The van der Waals surface area contributed by atoms with Crippen LogP contribution in [0.25, 0.3) is 0 Å². The van der Waals surface area contributed by atoms with Crippen LogP contribution in [0.1, 0.15) is 21.5 Å². The lowest BCUT2D eigenvalue weighted by molar-refractivity contribution is 0.0958. The maximum Gasteiger partial charge on any atom is 0.176 e. The molecular formula is C18H17NO. The second-order valence-electron chi connectivity index (χ2n) is 4.85. The van der Waals surface area contributed by atoms with Crippen molar-refractivity contribution in [3.05, 3.63) is 71.3 Å². The summed E-state index contributed by atoms with van der Waals surface area (Å²) in [5, 5.41) is 0. The van der Waals surface area contributed by atoms with Crippen molar-refractivity contribution in [1.82, 2.24) is 4.90 Å². The van der Waals surface area contributed by atoms with Gasteiger partial charge in [0.05, 0.1) is 6.54 Å². The lowest BCUT2D eigenvalue weighted by atomic mass is 10.1. The molecule has 0 radical (unpaired) electrons. The van der Waals surface area contributed by atoms with Crippen LogP contribution < -0.4 is 0 Å². The predicted octanol–water partition coefficient (Wildman–Crippen LogP) is 2.83. The molecular weight excluding hydrogens is 246 g/mol. The first-order chi connectivity index (χ1) is 9.65. The van der Waals surface area contributed by atoms with Crippen LogP contribution in [0.2, 0.25) is 0 Å². The third-order valence-corrected chi connectivity index (χ3v) is 2.79. The molecule has 2 rings (SSSR count). The molecule has 0 aliphatic carbocycles. The van der Waals surface area contributed by atoms with Gasteiger partial charge in [0.1, 0.15) is 0 Å². The summed E-state index contributed by atoms with van der Waals surface area (Å²) in [6.45, 7) is 0.426. The Hall–Kier alpha value is -2.37. The first-order valence-corrected chi connectivity index (χ1v) is 6.50. The van der Waals surface area contributed by atoms with Gasteiger partial charge in [-0.2, -0.15) is 0 Å². The fourth-order valence-corrected chi connectivity index (χ4v) is 1.78. The molecule has 0 aromatic heterocycles. The van der Waals surface area contributed by atoms with Crippen LogP contribution in [0.3, 0.4) is 0 Å². The number of hydrogen-bond acceptors (Lipinski definition) is 2. The molecule has 20 heavy (non-hydrogen) atoms. The Morgan fingerprint density at radius 3 is 2.00 bits per heavy atom. The fourth-order valence-electron chi connectivity index (χ4n) is 1.78. The zero-order chi connectivity index (χ0) is 14.4. The van der Waals surface area contributed by atoms with E-state index in [1.807, 2.05) is 73.6 Å². The molecule has 100 valence electrons. The summed E-state index contributed by atoms with van der Waals surface area (Å²) >= 11 is 0. The number of rotatable bonds is 3. The standard InChI is InChI=1S/C18H17NO/c1-19(2)14-18(20)17-12-10-16(11-13-17)9-8-15-6-4-3-5-7-15/h3-7,10-13H,14H2,1-2H3. The van der Waals surface area contributed by atoms with E-state index >= 15 is 0 Å². The molecule has 0 amide bonds. The molecule has 0 saturated heterocycles. The summed E-state index contributed by atoms with van der Waals surface area (Å²) in [5.74, 6) is 6.32. The second kappa shape index (κ2) is 6.70. The van der Waals surface area contributed by atoms with Crippen LogP contribution in [-0.2, 0) is 0 Å². The van der Waals surface area contributed by atoms with Crippen molar-refractivity contribution in [2.24, 2.45) is 0 Å². The third-order valence-electron chi connectivity index (χ3n) is 2.79. The number of hydrogen-bond donors (Lipinski definition) is 0. The van der Waals surface area contributed by atoms with Crippen molar-refractivity contribution < 1.29 is 4.79 Å². The molecule has 2 aromatic carbocycles. The Bertz CT molecular complexity index is 631. The van der Waals surface area contributed by atoms with Crippen LogP contribution in [0.5, 0.6) is 0 Å². The number of likely N-dealkylation sites (N-methyl/N-ethyl adjacent to an activating group) is 1. The summed E-state index contributed by atoms with van der Waals surface area (Å²) in [5.41, 5.74) is 2.62. The molecule has 0 heterocycles. The Balaban J connectivity index is 2.09. The highest BCUT2D eigenvalue weighted by molar-refractivity contribution is 5.97. The highest BCUT2D eigenvalue weighted by Gasteiger charge is 2.05. The molecule has 0 aliphatic rings. The third kappa shape index (κ3) is 4.08. The van der Waals surface area contributed by atoms with Gasteiger partial charge in [-0.15, -0.1) is 0 Å². The maximum absolute atomic E-state index is 11.9. The van der Waals surface area contributed by atoms with Gasteiger partial charge in [0, 0.05) is 16.7 Å². The van der Waals surface area contributed by atoms with E-state index in [9.17, 15) is 4.79 Å². The smallest absolute Gasteiger partial charge is 0.176 e. The molecule has 0 bridgehead atoms. The van der Waals surface area contributed by atoms with Gasteiger partial charge in [-0.25, -0.2) is 0 Å². The Morgan fingerprint density at radius 1 is 0.900 bits per heavy atom. The normalized spacial score (nSPS) is 9.95. The number of nitrogens with zero attached hydrogens (tertiary/aromatic N) is 1. The average Bonchev–Trinajstić information content (AvgIpc) is 2.46. The van der Waals surface area contributed by atoms with E-state index in [4.69, 9.17) is 0 Å². The van der Waals surface area contributed by atoms with E-state index in [0.717, 1.165) is 16.7 Å². The first-order valence-electron chi connectivity index (χ1n) is 6.50. The lowest BCUT2D eigenvalue weighted by Gasteiger charge is -2.07. The predicted molar refractivity (Wildman–Crippen MR) is 81.7 cm³/mol. The summed E-state index contributed by atoms with van der Waals surface area (Å²) in [4.78, 5) is 13.7. The molecule has 0 N–H and O–H groups in total. The molecule has 0 unspecified atom stereocenters. The zero-order valence-electron chi connectivity index (χ0n) is 11.8. The Kier molecular flexibility index (Phi) is 4.70. The minimum absolute atomic E-state index is 0.123. The van der Waals surface area contributed by atoms with E-state index in [0.29, 0.717) is 6.54 Å². The van der Waals surface area contributed by atoms with Gasteiger partial charge in [-0.05, 0) is 38.4 Å². The Labute approximate surface area is 120 Å². The van der Waals surface area contributed by atoms with E-state index < -0.39 is 0 Å². The molecule has 0 atom stereocenters. The number of carbonyl (C=O) groups is 1. The molecule has 0 aliphatic heterocycles. The second-order valence-corrected chi connectivity index (χ2v) is 4.85. The van der Waals surface area contributed by atoms with Gasteiger partial charge in [0.15, 0.2) is 5.78 Å². The monoisotopic (exact) mass is 263 g/mol. The summed E-state index contributed by atoms with van der Waals surface area (Å²) in [7, 11) is 3.77. The maximum atomic E-state index is 11.9. The van der Waals surface area contributed by atoms with Gasteiger partial charge >= 0.3 is 0 Å². The number of Topliss-reactive ketones (excluding diaryl/α,β-unsaturated/α-hetero) is 1. The zero-order valence-corrected chi connectivity index (χ0v) is 11.8. The van der Waals surface area contributed by atoms with E-state index in [-0.39, 0.29) is 5.78 Å². The molecule has 0 spiro atoms. The molecule has 0 saturated carbocycles. The lowest BCUT2D eigenvalue weighted by Crippen LogP contribution is -2.21. The van der Waals surface area contributed by atoms with Crippen LogP contribution in [-0.4, -0.2) is 31.3 Å². The molecule has 0 fully saturated rings. The SMILES string of the molecule is CN(C)CC(=O)c1ccc(C#Cc2ccccc2)cc1. The summed E-state index contributed by atoms with van der Waals surface area (Å²) in [6, 6.07) is 17.3. The van der Waals surface area contributed by atoms with E-state index in [2.05, 4.69) is 11.8 Å². The van der Waals surface area contributed by atoms with Crippen molar-refractivity contribution in [2.75, 3.05) is 20.6 Å². The van der Waals surface area contributed by atoms with Gasteiger partial charge in [0.25, 0.3) is 0 Å². The number of benzene rings is 2. The van der Waals surface area contributed by atoms with Gasteiger partial charge in [-0.1, -0.05) is 42.2 Å². The Morgan fingerprint density at radius 2 is 1.45 bits per heavy atom. The average molecular weight is 263 g/mol. The topological polar surface area (TPSA) is 20.3 Å². The quantitative estimate of drug-likeness (QED) is 0.627. The number of ketones is 1. The summed E-state index contributed by atoms with van der Waals surface area (Å²) < 4.78 is 0. The van der Waals surface area contributed by atoms with E-state index in [1.165, 1.54) is 0 Å². The highest BCUT2D eigenvalue weighted by atomic mass is 16.1. The van der Waals surface area contributed by atoms with Crippen molar-refractivity contribution >= 4 is 5.78 Å². The van der Waals surface area contributed by atoms with Crippen molar-refractivity contribution in [1.29, 1.82) is 0 Å². The molecule has 2 aromatic rings. The van der Waals surface area contributed by atoms with Crippen molar-refractivity contribution in [3.8, 4) is 11.8 Å². The summed E-state index contributed by atoms with van der Waals surface area (Å²) in [6.07, 6.45) is 0. The minimum Gasteiger partial charge on any atom is -0.302 e. The van der Waals surface area contributed by atoms with Crippen LogP contribution in [0.4, 0.5) is 0 Å². The largest absolute Gasteiger partial charge is 0.302 e. The van der Waals surface area contributed by atoms with Crippen LogP contribution >= 0.6 is 0 Å². The molecule has 2 heteroatoms. The highest BCUT2D eigenvalue weighted by Crippen LogP contribution is 2.05. The van der Waals surface area contributed by atoms with Gasteiger partial charge in [-0.3, -0.25) is 4.79 Å². The van der Waals surface area contributed by atoms with Crippen LogP contribution in [0, 0.1) is 11.8 Å². The fraction of sp³-hybridized carbons (Fsp3) is 0.167. The van der Waals surface area contributed by atoms with Gasteiger partial charge in [0.2, 0.25) is 0 Å². The van der Waals surface area contributed by atoms with Crippen molar-refractivity contribution in [3.63, 3.8) is 0 Å².